The lowest BCUT2D eigenvalue weighted by Gasteiger charge is -2.12. The monoisotopic (exact) mass is 716 g/mol. The molecule has 1 heterocycles. The fraction of sp³-hybridized carbons (Fsp3) is 0. The third kappa shape index (κ3) is 2.35. The molecule has 0 radical (unpaired) electrons. The number of phenolic OH excluding ortho intramolecular Hbond substituents is 1. The maximum Gasteiger partial charge on any atom is 0.206 e. The smallest absolute Gasteiger partial charge is 0.206 e. The van der Waals surface area contributed by atoms with Gasteiger partial charge in [0.25, 0.3) is 0 Å². The van der Waals surface area contributed by atoms with Crippen molar-refractivity contribution in [2.24, 2.45) is 0 Å². The highest BCUT2D eigenvalue weighted by Crippen LogP contribution is 2.38. The van der Waals surface area contributed by atoms with Crippen LogP contribution in [0.2, 0.25) is 0 Å². The summed E-state index contributed by atoms with van der Waals surface area (Å²) in [5, 5.41) is 10.9. The summed E-state index contributed by atoms with van der Waals surface area (Å²) in [6, 6.07) is 5.76. The van der Waals surface area contributed by atoms with Gasteiger partial charge in [0, 0.05) is 8.96 Å². The predicted octanol–water partition coefficient (Wildman–Crippen LogP) is 5.02. The van der Waals surface area contributed by atoms with E-state index >= 15 is 0 Å². The molecule has 0 saturated carbocycles. The van der Waals surface area contributed by atoms with E-state index in [4.69, 9.17) is 4.42 Å². The molecule has 102 valence electrons. The minimum absolute atomic E-state index is 0.00700. The Kier molecular flexibility index (Phi) is 4.41. The van der Waals surface area contributed by atoms with Gasteiger partial charge < -0.3 is 9.52 Å². The van der Waals surface area contributed by atoms with Gasteiger partial charge >= 0.3 is 0 Å². The Bertz CT molecular complexity index is 885. The lowest BCUT2D eigenvalue weighted by molar-refractivity contribution is 0.463. The standard InChI is InChI=1S/C13H4I4O3/c14-6-2-1-4-3-5-10(18)8(16)11(19)9(17)13(5)20-12(4)7(6)15/h1-3,19H. The maximum atomic E-state index is 12.3. The predicted molar refractivity (Wildman–Crippen MR) is 112 cm³/mol. The molecule has 20 heavy (non-hydrogen) atoms. The van der Waals surface area contributed by atoms with Gasteiger partial charge in [0.2, 0.25) is 5.43 Å². The van der Waals surface area contributed by atoms with Crippen LogP contribution in [0.25, 0.3) is 22.3 Å². The van der Waals surface area contributed by atoms with Gasteiger partial charge in [-0.3, -0.25) is 4.79 Å². The van der Waals surface area contributed by atoms with Gasteiger partial charge in [-0.1, -0.05) is 6.07 Å². The third-order valence-corrected chi connectivity index (χ3v) is 7.89. The van der Waals surface area contributed by atoms with Crippen molar-refractivity contribution in [3.63, 3.8) is 0 Å². The summed E-state index contributed by atoms with van der Waals surface area (Å²) in [6.07, 6.45) is 0. The number of halogens is 4. The lowest BCUT2D eigenvalue weighted by Crippen LogP contribution is -2.11. The summed E-state index contributed by atoms with van der Waals surface area (Å²) in [5.41, 5.74) is 1.04. The SMILES string of the molecule is O=c1c2cc3ccc(I)c(I)c3oc-2c(I)c(O)c1I. The molecular weight excluding hydrogens is 712 g/mol. The Hall–Kier alpha value is 0.630. The fourth-order valence-electron chi connectivity index (χ4n) is 1.90. The van der Waals surface area contributed by atoms with Crippen LogP contribution in [0.5, 0.6) is 5.75 Å². The van der Waals surface area contributed by atoms with Crippen LogP contribution in [0, 0.1) is 14.3 Å². The number of hydrogen-bond donors (Lipinski definition) is 1. The van der Waals surface area contributed by atoms with Crippen molar-refractivity contribution in [1.82, 2.24) is 0 Å². The Labute approximate surface area is 168 Å². The molecule has 0 fully saturated rings. The summed E-state index contributed by atoms with van der Waals surface area (Å²) in [4.78, 5) is 12.3. The van der Waals surface area contributed by atoms with E-state index in [0.29, 0.717) is 18.5 Å². The van der Waals surface area contributed by atoms with Gasteiger partial charge in [0.15, 0.2) is 5.76 Å². The summed E-state index contributed by atoms with van der Waals surface area (Å²) in [6.45, 7) is 0. The fourth-order valence-corrected chi connectivity index (χ4v) is 4.68. The van der Waals surface area contributed by atoms with Gasteiger partial charge in [-0.25, -0.2) is 0 Å². The molecule has 1 aromatic rings. The molecule has 0 unspecified atom stereocenters. The molecule has 2 aliphatic rings. The molecule has 3 rings (SSSR count). The van der Waals surface area contributed by atoms with Crippen molar-refractivity contribution in [3.05, 3.63) is 42.7 Å². The molecule has 0 amide bonds. The lowest BCUT2D eigenvalue weighted by atomic mass is 10.1. The van der Waals surface area contributed by atoms with Gasteiger partial charge in [-0.2, -0.15) is 0 Å². The highest BCUT2D eigenvalue weighted by molar-refractivity contribution is 14.1. The Morgan fingerprint density at radius 2 is 1.70 bits per heavy atom. The zero-order valence-corrected chi connectivity index (χ0v) is 18.1. The molecule has 0 atom stereocenters. The second-order valence-corrected chi connectivity index (χ2v) is 8.47. The van der Waals surface area contributed by atoms with Crippen LogP contribution in [0.1, 0.15) is 0 Å². The zero-order chi connectivity index (χ0) is 14.6. The highest BCUT2D eigenvalue weighted by Gasteiger charge is 2.23. The first-order valence-electron chi connectivity index (χ1n) is 5.33. The van der Waals surface area contributed by atoms with Crippen LogP contribution in [0.3, 0.4) is 0 Å². The third-order valence-electron chi connectivity index (χ3n) is 2.89. The van der Waals surface area contributed by atoms with Crippen molar-refractivity contribution >= 4 is 101 Å². The minimum atomic E-state index is -0.197. The molecule has 0 bridgehead atoms. The Morgan fingerprint density at radius 1 is 1.00 bits per heavy atom. The molecule has 1 aliphatic carbocycles. The van der Waals surface area contributed by atoms with Crippen molar-refractivity contribution in [2.75, 3.05) is 0 Å². The number of hydrogen-bond acceptors (Lipinski definition) is 3. The second-order valence-electron chi connectivity index (χ2n) is 4.07. The molecule has 1 aromatic carbocycles. The van der Waals surface area contributed by atoms with Crippen molar-refractivity contribution in [1.29, 1.82) is 0 Å². The molecular formula is C13H4I4O3. The molecule has 0 spiro atoms. The zero-order valence-electron chi connectivity index (χ0n) is 9.51. The number of fused-ring (bicyclic) bond motifs is 2. The number of phenols is 1. The summed E-state index contributed by atoms with van der Waals surface area (Å²) in [5.74, 6) is 0.438. The first kappa shape index (κ1) is 15.5. The molecule has 0 aromatic heterocycles. The molecule has 0 saturated heterocycles. The first-order valence-corrected chi connectivity index (χ1v) is 9.64. The van der Waals surface area contributed by atoms with Crippen molar-refractivity contribution < 1.29 is 9.52 Å². The van der Waals surface area contributed by atoms with Crippen LogP contribution < -0.4 is 5.43 Å². The van der Waals surface area contributed by atoms with E-state index in [0.717, 1.165) is 18.1 Å². The molecule has 1 aliphatic heterocycles. The van der Waals surface area contributed by atoms with Gasteiger partial charge in [-0.15, -0.1) is 0 Å². The highest BCUT2D eigenvalue weighted by atomic mass is 127. The largest absolute Gasteiger partial charge is 0.505 e. The van der Waals surface area contributed by atoms with Crippen LogP contribution in [0.4, 0.5) is 0 Å². The second kappa shape index (κ2) is 5.68. The van der Waals surface area contributed by atoms with Crippen LogP contribution in [-0.2, 0) is 0 Å². The number of aromatic hydroxyl groups is 1. The molecule has 1 N–H and O–H groups in total. The van der Waals surface area contributed by atoms with Crippen LogP contribution >= 0.6 is 90.4 Å². The average molecular weight is 716 g/mol. The topological polar surface area (TPSA) is 50.4 Å². The van der Waals surface area contributed by atoms with E-state index in [-0.39, 0.29) is 11.2 Å². The van der Waals surface area contributed by atoms with E-state index in [2.05, 4.69) is 45.2 Å². The van der Waals surface area contributed by atoms with E-state index in [1.807, 2.05) is 63.4 Å². The molecule has 3 nitrogen and oxygen atoms in total. The number of benzene rings is 2. The van der Waals surface area contributed by atoms with E-state index < -0.39 is 0 Å². The minimum Gasteiger partial charge on any atom is -0.505 e. The normalized spacial score (nSPS) is 11.4. The van der Waals surface area contributed by atoms with E-state index in [9.17, 15) is 9.90 Å². The van der Waals surface area contributed by atoms with Gasteiger partial charge in [-0.05, 0) is 102 Å². The van der Waals surface area contributed by atoms with Crippen LogP contribution in [0.15, 0.2) is 27.4 Å². The molecule has 7 heteroatoms. The Balaban J connectivity index is 2.59. The number of rotatable bonds is 0. The van der Waals surface area contributed by atoms with Crippen molar-refractivity contribution in [2.45, 2.75) is 0 Å². The van der Waals surface area contributed by atoms with E-state index in [1.54, 1.807) is 0 Å². The Morgan fingerprint density at radius 3 is 2.40 bits per heavy atom. The van der Waals surface area contributed by atoms with Gasteiger partial charge in [0.05, 0.1) is 12.7 Å². The maximum absolute atomic E-state index is 12.3. The van der Waals surface area contributed by atoms with Crippen LogP contribution in [-0.4, -0.2) is 5.11 Å². The average Bonchev–Trinajstić information content (AvgIpc) is 2.45. The quantitative estimate of drug-likeness (QED) is 0.263. The summed E-state index contributed by atoms with van der Waals surface area (Å²) < 4.78 is 8.91. The summed E-state index contributed by atoms with van der Waals surface area (Å²) >= 11 is 8.34. The van der Waals surface area contributed by atoms with Crippen molar-refractivity contribution in [3.8, 4) is 17.1 Å². The van der Waals surface area contributed by atoms with E-state index in [1.165, 1.54) is 0 Å². The first-order chi connectivity index (χ1) is 9.41. The summed E-state index contributed by atoms with van der Waals surface area (Å²) in [7, 11) is 0. The van der Waals surface area contributed by atoms with Gasteiger partial charge in [0.1, 0.15) is 14.9 Å².